The predicted octanol–water partition coefficient (Wildman–Crippen LogP) is -0.431. The Morgan fingerprint density at radius 3 is 2.53 bits per heavy atom. The number of urea groups is 1. The summed E-state index contributed by atoms with van der Waals surface area (Å²) in [5, 5.41) is 2.83. The maximum Gasteiger partial charge on any atom is 0.325 e. The molecule has 4 amide bonds. The van der Waals surface area contributed by atoms with Gasteiger partial charge in [-0.2, -0.15) is 0 Å². The van der Waals surface area contributed by atoms with Gasteiger partial charge >= 0.3 is 6.03 Å². The van der Waals surface area contributed by atoms with Crippen molar-refractivity contribution in [3.63, 3.8) is 0 Å². The zero-order valence-electron chi connectivity index (χ0n) is 17.0. The minimum Gasteiger partial charge on any atom is -0.339 e. The molecule has 162 valence electrons. The number of amides is 4. The van der Waals surface area contributed by atoms with Gasteiger partial charge in [0.25, 0.3) is 5.91 Å². The van der Waals surface area contributed by atoms with Gasteiger partial charge in [0.1, 0.15) is 21.9 Å². The van der Waals surface area contributed by atoms with Crippen molar-refractivity contribution in [1.82, 2.24) is 20.0 Å². The molecule has 2 saturated heterocycles. The molecule has 1 unspecified atom stereocenters. The van der Waals surface area contributed by atoms with Crippen LogP contribution in [0.3, 0.4) is 0 Å². The first-order valence-electron chi connectivity index (χ1n) is 10.1. The Kier molecular flexibility index (Phi) is 5.31. The summed E-state index contributed by atoms with van der Waals surface area (Å²) in [6.45, 7) is 2.19. The summed E-state index contributed by atoms with van der Waals surface area (Å²) in [4.78, 5) is 43.1. The molecule has 1 spiro atoms. The molecule has 2 fully saturated rings. The summed E-state index contributed by atoms with van der Waals surface area (Å²) in [7, 11) is -3.02. The second-order valence-corrected chi connectivity index (χ2v) is 10.5. The first-order valence-corrected chi connectivity index (χ1v) is 12.2. The minimum atomic E-state index is -3.02. The lowest BCUT2D eigenvalue weighted by atomic mass is 9.92. The molecule has 30 heavy (non-hydrogen) atoms. The molecule has 0 radical (unpaired) electrons. The van der Waals surface area contributed by atoms with E-state index >= 15 is 0 Å². The fourth-order valence-electron chi connectivity index (χ4n) is 4.48. The van der Waals surface area contributed by atoms with E-state index in [2.05, 4.69) is 5.32 Å². The van der Waals surface area contributed by atoms with Crippen LogP contribution in [0.4, 0.5) is 4.79 Å². The number of hydrogen-bond acceptors (Lipinski definition) is 6. The number of carbonyl (C=O) groups excluding carboxylic acids is 3. The third kappa shape index (κ3) is 3.81. The van der Waals surface area contributed by atoms with Gasteiger partial charge in [0.15, 0.2) is 0 Å². The SMILES string of the molecule is CS(=O)(=O)CCN1CCN(C(=O)CN2C(=O)NC3(CCc4ccccc43)C2=O)CC1. The zero-order chi connectivity index (χ0) is 21.5. The maximum absolute atomic E-state index is 13.2. The van der Waals surface area contributed by atoms with Crippen LogP contribution < -0.4 is 5.32 Å². The van der Waals surface area contributed by atoms with Crippen LogP contribution in [-0.2, 0) is 31.4 Å². The number of nitrogens with one attached hydrogen (secondary N) is 1. The molecule has 1 N–H and O–H groups in total. The highest BCUT2D eigenvalue weighted by molar-refractivity contribution is 7.90. The van der Waals surface area contributed by atoms with E-state index in [1.165, 1.54) is 6.26 Å². The Bertz CT molecular complexity index is 987. The quantitative estimate of drug-likeness (QED) is 0.630. The van der Waals surface area contributed by atoms with Crippen LogP contribution in [0.25, 0.3) is 0 Å². The van der Waals surface area contributed by atoms with Crippen LogP contribution in [0.15, 0.2) is 24.3 Å². The fourth-order valence-corrected chi connectivity index (χ4v) is 5.07. The van der Waals surface area contributed by atoms with Crippen LogP contribution in [-0.4, -0.2) is 92.2 Å². The summed E-state index contributed by atoms with van der Waals surface area (Å²) in [5.41, 5.74) is 0.806. The van der Waals surface area contributed by atoms with Crippen LogP contribution in [0.2, 0.25) is 0 Å². The Morgan fingerprint density at radius 2 is 1.83 bits per heavy atom. The zero-order valence-corrected chi connectivity index (χ0v) is 17.8. The standard InChI is InChI=1S/C20H26N4O5S/c1-30(28,29)13-12-22-8-10-23(11-9-22)17(25)14-24-18(26)20(21-19(24)27)7-6-15-4-2-3-5-16(15)20/h2-5H,6-14H2,1H3,(H,21,27). The maximum atomic E-state index is 13.2. The highest BCUT2D eigenvalue weighted by Crippen LogP contribution is 2.41. The van der Waals surface area contributed by atoms with E-state index in [0.29, 0.717) is 45.6 Å². The van der Waals surface area contributed by atoms with Crippen molar-refractivity contribution in [2.45, 2.75) is 18.4 Å². The summed E-state index contributed by atoms with van der Waals surface area (Å²) in [5.74, 6) is -0.547. The van der Waals surface area contributed by atoms with Crippen molar-refractivity contribution in [2.75, 3.05) is 51.3 Å². The molecule has 4 rings (SSSR count). The third-order valence-corrected chi connectivity index (χ3v) is 7.14. The smallest absolute Gasteiger partial charge is 0.325 e. The number of sulfone groups is 1. The van der Waals surface area contributed by atoms with Gasteiger partial charge in [-0.25, -0.2) is 13.2 Å². The first kappa shape index (κ1) is 20.8. The van der Waals surface area contributed by atoms with Gasteiger partial charge in [-0.3, -0.25) is 19.4 Å². The van der Waals surface area contributed by atoms with Crippen LogP contribution in [0.5, 0.6) is 0 Å². The number of fused-ring (bicyclic) bond motifs is 2. The van der Waals surface area contributed by atoms with E-state index in [1.807, 2.05) is 29.2 Å². The van der Waals surface area contributed by atoms with E-state index in [9.17, 15) is 22.8 Å². The molecule has 0 bridgehead atoms. The molecule has 1 aromatic rings. The number of nitrogens with zero attached hydrogens (tertiary/aromatic N) is 3. The van der Waals surface area contributed by atoms with Crippen molar-refractivity contribution in [2.24, 2.45) is 0 Å². The Morgan fingerprint density at radius 1 is 1.13 bits per heavy atom. The Balaban J connectivity index is 1.37. The van der Waals surface area contributed by atoms with E-state index in [1.54, 1.807) is 4.90 Å². The van der Waals surface area contributed by atoms with Gasteiger partial charge in [0.2, 0.25) is 5.91 Å². The first-order chi connectivity index (χ1) is 14.2. The van der Waals surface area contributed by atoms with Crippen LogP contribution in [0, 0.1) is 0 Å². The van der Waals surface area contributed by atoms with Gasteiger partial charge in [-0.1, -0.05) is 24.3 Å². The average molecular weight is 435 g/mol. The van der Waals surface area contributed by atoms with Crippen LogP contribution >= 0.6 is 0 Å². The molecular weight excluding hydrogens is 408 g/mol. The predicted molar refractivity (Wildman–Crippen MR) is 109 cm³/mol. The lowest BCUT2D eigenvalue weighted by Crippen LogP contribution is -2.52. The van der Waals surface area contributed by atoms with Crippen molar-refractivity contribution in [1.29, 1.82) is 0 Å². The normalized spacial score (nSPS) is 24.4. The number of piperazine rings is 1. The van der Waals surface area contributed by atoms with Gasteiger partial charge < -0.3 is 10.2 Å². The topological polar surface area (TPSA) is 107 Å². The summed E-state index contributed by atoms with van der Waals surface area (Å²) >= 11 is 0. The van der Waals surface area contributed by atoms with E-state index in [4.69, 9.17) is 0 Å². The second kappa shape index (κ2) is 7.66. The van der Waals surface area contributed by atoms with Gasteiger partial charge in [0.05, 0.1) is 5.75 Å². The number of imide groups is 1. The van der Waals surface area contributed by atoms with Crippen molar-refractivity contribution in [3.05, 3.63) is 35.4 Å². The van der Waals surface area contributed by atoms with Crippen molar-refractivity contribution < 1.29 is 22.8 Å². The summed E-state index contributed by atoms with van der Waals surface area (Å²) in [6, 6.07) is 7.05. The molecule has 3 aliphatic rings. The molecule has 9 nitrogen and oxygen atoms in total. The van der Waals surface area contributed by atoms with Gasteiger partial charge in [0, 0.05) is 39.0 Å². The molecule has 1 atom stereocenters. The van der Waals surface area contributed by atoms with E-state index in [-0.39, 0.29) is 24.1 Å². The van der Waals surface area contributed by atoms with E-state index < -0.39 is 21.4 Å². The largest absolute Gasteiger partial charge is 0.339 e. The molecule has 0 saturated carbocycles. The van der Waals surface area contributed by atoms with Crippen molar-refractivity contribution in [3.8, 4) is 0 Å². The molecule has 1 aliphatic carbocycles. The molecule has 2 aliphatic heterocycles. The summed E-state index contributed by atoms with van der Waals surface area (Å²) < 4.78 is 22.6. The lowest BCUT2D eigenvalue weighted by molar-refractivity contribution is -0.140. The molecular formula is C20H26N4O5S. The van der Waals surface area contributed by atoms with Crippen molar-refractivity contribution >= 4 is 27.7 Å². The number of aryl methyl sites for hydroxylation is 1. The summed E-state index contributed by atoms with van der Waals surface area (Å²) in [6.07, 6.45) is 2.42. The third-order valence-electron chi connectivity index (χ3n) is 6.22. The number of hydrogen-bond donors (Lipinski definition) is 1. The molecule has 1 aromatic carbocycles. The Labute approximate surface area is 175 Å². The minimum absolute atomic E-state index is 0.0902. The van der Waals surface area contributed by atoms with Gasteiger partial charge in [-0.15, -0.1) is 0 Å². The number of rotatable bonds is 5. The molecule has 2 heterocycles. The highest BCUT2D eigenvalue weighted by atomic mass is 32.2. The fraction of sp³-hybridized carbons (Fsp3) is 0.550. The monoisotopic (exact) mass is 434 g/mol. The lowest BCUT2D eigenvalue weighted by Gasteiger charge is -2.35. The average Bonchev–Trinajstić information content (AvgIpc) is 3.20. The molecule has 10 heteroatoms. The number of benzene rings is 1. The van der Waals surface area contributed by atoms with E-state index in [0.717, 1.165) is 16.0 Å². The highest BCUT2D eigenvalue weighted by Gasteiger charge is 2.55. The van der Waals surface area contributed by atoms with Gasteiger partial charge in [-0.05, 0) is 24.0 Å². The molecule has 0 aromatic heterocycles. The van der Waals surface area contributed by atoms with Crippen LogP contribution in [0.1, 0.15) is 17.5 Å². The number of carbonyl (C=O) groups is 3. The Hall–Kier alpha value is -2.46. The second-order valence-electron chi connectivity index (χ2n) is 8.24.